The molecule has 1 aromatic carbocycles. The van der Waals surface area contributed by atoms with E-state index in [2.05, 4.69) is 39.8 Å². The summed E-state index contributed by atoms with van der Waals surface area (Å²) < 4.78 is 7.47. The molecule has 0 radical (unpaired) electrons. The summed E-state index contributed by atoms with van der Waals surface area (Å²) in [6, 6.07) is 10.3. The summed E-state index contributed by atoms with van der Waals surface area (Å²) in [6.07, 6.45) is 6.73. The molecule has 1 saturated heterocycles. The zero-order valence-corrected chi connectivity index (χ0v) is 12.6. The molecule has 0 saturated carbocycles. The Morgan fingerprint density at radius 3 is 3.05 bits per heavy atom. The van der Waals surface area contributed by atoms with E-state index in [4.69, 9.17) is 4.74 Å². The quantitative estimate of drug-likeness (QED) is 0.768. The van der Waals surface area contributed by atoms with Gasteiger partial charge in [0.1, 0.15) is 0 Å². The summed E-state index contributed by atoms with van der Waals surface area (Å²) in [5.41, 5.74) is 1.21. The average Bonchev–Trinajstić information content (AvgIpc) is 3.18. The number of hydrogen-bond acceptors (Lipinski definition) is 5. The Balaban J connectivity index is 1.51. The lowest BCUT2D eigenvalue weighted by atomic mass is 10.2. The highest BCUT2D eigenvalue weighted by Gasteiger charge is 2.18. The van der Waals surface area contributed by atoms with Crippen LogP contribution in [0.25, 0.3) is 6.08 Å². The fourth-order valence-corrected chi connectivity index (χ4v) is 2.96. The molecule has 2 aromatic rings. The van der Waals surface area contributed by atoms with Gasteiger partial charge < -0.3 is 4.74 Å². The Morgan fingerprint density at radius 2 is 2.24 bits per heavy atom. The second-order valence-corrected chi connectivity index (χ2v) is 5.89. The van der Waals surface area contributed by atoms with Gasteiger partial charge in [-0.3, -0.25) is 0 Å². The van der Waals surface area contributed by atoms with E-state index < -0.39 is 0 Å². The molecule has 110 valence electrons. The second-order valence-electron chi connectivity index (χ2n) is 4.90. The van der Waals surface area contributed by atoms with Crippen LogP contribution in [-0.4, -0.2) is 38.7 Å². The maximum atomic E-state index is 5.63. The first kappa shape index (κ1) is 14.3. The van der Waals surface area contributed by atoms with Crippen molar-refractivity contribution in [3.05, 3.63) is 42.0 Å². The smallest absolute Gasteiger partial charge is 0.209 e. The Labute approximate surface area is 128 Å². The molecule has 1 aliphatic heterocycles. The molecule has 1 aliphatic rings. The van der Waals surface area contributed by atoms with Crippen molar-refractivity contribution in [2.75, 3.05) is 12.4 Å². The molecule has 1 fully saturated rings. The Morgan fingerprint density at radius 1 is 1.33 bits per heavy atom. The van der Waals surface area contributed by atoms with Gasteiger partial charge in [0.05, 0.1) is 12.6 Å². The fraction of sp³-hybridized carbons (Fsp3) is 0.400. The third-order valence-corrected chi connectivity index (χ3v) is 4.23. The van der Waals surface area contributed by atoms with E-state index in [1.54, 1.807) is 11.8 Å². The number of tetrazole rings is 1. The molecule has 3 rings (SSSR count). The minimum absolute atomic E-state index is 0.257. The zero-order chi connectivity index (χ0) is 14.3. The van der Waals surface area contributed by atoms with Gasteiger partial charge in [0.15, 0.2) is 0 Å². The van der Waals surface area contributed by atoms with E-state index in [9.17, 15) is 0 Å². The van der Waals surface area contributed by atoms with Crippen LogP contribution >= 0.6 is 11.8 Å². The topological polar surface area (TPSA) is 52.8 Å². The van der Waals surface area contributed by atoms with Gasteiger partial charge in [0, 0.05) is 12.4 Å². The summed E-state index contributed by atoms with van der Waals surface area (Å²) in [5, 5.41) is 12.7. The van der Waals surface area contributed by atoms with Crippen molar-refractivity contribution < 1.29 is 4.74 Å². The van der Waals surface area contributed by atoms with Crippen molar-refractivity contribution in [2.24, 2.45) is 0 Å². The van der Waals surface area contributed by atoms with Crippen LogP contribution in [0.15, 0.2) is 41.6 Å². The van der Waals surface area contributed by atoms with Gasteiger partial charge in [-0.15, -0.1) is 5.10 Å². The van der Waals surface area contributed by atoms with E-state index in [0.29, 0.717) is 0 Å². The maximum absolute atomic E-state index is 5.63. The molecule has 0 bridgehead atoms. The highest BCUT2D eigenvalue weighted by atomic mass is 32.2. The van der Waals surface area contributed by atoms with Gasteiger partial charge in [-0.05, 0) is 28.8 Å². The van der Waals surface area contributed by atoms with Crippen molar-refractivity contribution in [3.63, 3.8) is 0 Å². The second kappa shape index (κ2) is 7.38. The summed E-state index contributed by atoms with van der Waals surface area (Å²) in [6.45, 7) is 1.60. The van der Waals surface area contributed by atoms with Crippen molar-refractivity contribution in [1.82, 2.24) is 20.2 Å². The Kier molecular flexibility index (Phi) is 5.02. The van der Waals surface area contributed by atoms with Crippen LogP contribution in [0.1, 0.15) is 18.4 Å². The molecular formula is C15H18N4OS. The number of benzene rings is 1. The number of aromatic nitrogens is 4. The third-order valence-electron chi connectivity index (χ3n) is 3.32. The molecule has 6 heteroatoms. The average molecular weight is 302 g/mol. The Bertz CT molecular complexity index is 578. The molecule has 2 heterocycles. The van der Waals surface area contributed by atoms with Gasteiger partial charge in [-0.25, -0.2) is 4.68 Å². The van der Waals surface area contributed by atoms with Crippen LogP contribution in [0.2, 0.25) is 0 Å². The molecule has 1 unspecified atom stereocenters. The van der Waals surface area contributed by atoms with Crippen LogP contribution in [0, 0.1) is 0 Å². The van der Waals surface area contributed by atoms with E-state index >= 15 is 0 Å². The van der Waals surface area contributed by atoms with Gasteiger partial charge in [-0.1, -0.05) is 54.2 Å². The third kappa shape index (κ3) is 4.15. The molecular weight excluding hydrogens is 284 g/mol. The largest absolute Gasteiger partial charge is 0.376 e. The maximum Gasteiger partial charge on any atom is 0.209 e. The van der Waals surface area contributed by atoms with Crippen molar-refractivity contribution in [2.45, 2.75) is 30.6 Å². The van der Waals surface area contributed by atoms with Gasteiger partial charge >= 0.3 is 0 Å². The van der Waals surface area contributed by atoms with E-state index in [-0.39, 0.29) is 6.10 Å². The lowest BCUT2D eigenvalue weighted by molar-refractivity contribution is 0.0912. The first-order chi connectivity index (χ1) is 10.4. The molecule has 21 heavy (non-hydrogen) atoms. The van der Waals surface area contributed by atoms with Crippen molar-refractivity contribution in [1.29, 1.82) is 0 Å². The first-order valence-corrected chi connectivity index (χ1v) is 8.12. The predicted octanol–water partition coefficient (Wildman–Crippen LogP) is 2.66. The number of thioether (sulfide) groups is 1. The number of nitrogens with zero attached hydrogens (tertiary/aromatic N) is 4. The van der Waals surface area contributed by atoms with Crippen molar-refractivity contribution >= 4 is 17.8 Å². The van der Waals surface area contributed by atoms with Crippen LogP contribution < -0.4 is 0 Å². The van der Waals surface area contributed by atoms with E-state index in [1.165, 1.54) is 5.56 Å². The molecule has 0 N–H and O–H groups in total. The zero-order valence-electron chi connectivity index (χ0n) is 11.8. The number of ether oxygens (including phenoxy) is 1. The summed E-state index contributed by atoms with van der Waals surface area (Å²) >= 11 is 1.64. The van der Waals surface area contributed by atoms with Crippen molar-refractivity contribution in [3.8, 4) is 0 Å². The Hall–Kier alpha value is -1.66. The van der Waals surface area contributed by atoms with Crippen LogP contribution in [0.5, 0.6) is 0 Å². The first-order valence-electron chi connectivity index (χ1n) is 7.14. The minimum Gasteiger partial charge on any atom is -0.376 e. The molecule has 0 aliphatic carbocycles. The minimum atomic E-state index is 0.257. The normalized spacial score (nSPS) is 18.6. The molecule has 1 aromatic heterocycles. The van der Waals surface area contributed by atoms with E-state index in [0.717, 1.165) is 36.9 Å². The molecule has 0 amide bonds. The number of hydrogen-bond donors (Lipinski definition) is 0. The van der Waals surface area contributed by atoms with Crippen LogP contribution in [-0.2, 0) is 11.3 Å². The lowest BCUT2D eigenvalue weighted by Gasteiger charge is -2.09. The van der Waals surface area contributed by atoms with Crippen LogP contribution in [0.4, 0.5) is 0 Å². The highest BCUT2D eigenvalue weighted by Crippen LogP contribution is 2.18. The standard InChI is InChI=1S/C15H18N4OS/c1-2-6-13(7-3-1)8-5-11-21-15-16-17-18-19(15)12-14-9-4-10-20-14/h1-3,5-8,14H,4,9-12H2/b8-5+. The highest BCUT2D eigenvalue weighted by molar-refractivity contribution is 7.99. The molecule has 1 atom stereocenters. The summed E-state index contributed by atoms with van der Waals surface area (Å²) in [4.78, 5) is 0. The molecule has 0 spiro atoms. The number of rotatable bonds is 6. The monoisotopic (exact) mass is 302 g/mol. The SMILES string of the molecule is C(=C\c1ccccc1)/CSc1nnnn1CC1CCCO1. The fourth-order valence-electron chi connectivity index (χ4n) is 2.27. The van der Waals surface area contributed by atoms with Crippen LogP contribution in [0.3, 0.4) is 0 Å². The van der Waals surface area contributed by atoms with Gasteiger partial charge in [-0.2, -0.15) is 0 Å². The predicted molar refractivity (Wildman–Crippen MR) is 83.0 cm³/mol. The summed E-state index contributed by atoms with van der Waals surface area (Å²) in [7, 11) is 0. The van der Waals surface area contributed by atoms with Gasteiger partial charge in [0.25, 0.3) is 0 Å². The lowest BCUT2D eigenvalue weighted by Crippen LogP contribution is -2.16. The van der Waals surface area contributed by atoms with E-state index in [1.807, 2.05) is 22.9 Å². The molecule has 5 nitrogen and oxygen atoms in total. The summed E-state index contributed by atoms with van der Waals surface area (Å²) in [5.74, 6) is 0.848. The van der Waals surface area contributed by atoms with Gasteiger partial charge in [0.2, 0.25) is 5.16 Å².